The first-order valence-electron chi connectivity index (χ1n) is 8.05. The number of ether oxygens (including phenoxy) is 1. The molecular formula is C18H21N3O3. The van der Waals surface area contributed by atoms with Gasteiger partial charge in [-0.2, -0.15) is 0 Å². The van der Waals surface area contributed by atoms with Gasteiger partial charge in [-0.25, -0.2) is 4.98 Å². The highest BCUT2D eigenvalue weighted by atomic mass is 16.5. The Hall–Kier alpha value is -2.47. The van der Waals surface area contributed by atoms with Crippen molar-refractivity contribution in [2.75, 3.05) is 20.2 Å². The fraction of sp³-hybridized carbons (Fsp3) is 0.389. The summed E-state index contributed by atoms with van der Waals surface area (Å²) in [6.45, 7) is 2.80. The normalized spacial score (nSPS) is 15.5. The van der Waals surface area contributed by atoms with E-state index in [2.05, 4.69) is 9.97 Å². The zero-order valence-corrected chi connectivity index (χ0v) is 13.9. The molecule has 1 aromatic heterocycles. The molecule has 0 unspecified atom stereocenters. The van der Waals surface area contributed by atoms with Crippen molar-refractivity contribution >= 4 is 5.91 Å². The molecule has 0 saturated heterocycles. The van der Waals surface area contributed by atoms with E-state index in [0.29, 0.717) is 37.3 Å². The van der Waals surface area contributed by atoms with Gasteiger partial charge in [0, 0.05) is 32.2 Å². The molecule has 1 aromatic carbocycles. The number of benzene rings is 1. The molecule has 1 amide bonds. The van der Waals surface area contributed by atoms with Gasteiger partial charge in [0.2, 0.25) is 0 Å². The van der Waals surface area contributed by atoms with Crippen LogP contribution in [0.5, 0.6) is 0 Å². The smallest absolute Gasteiger partial charge is 0.256 e. The number of aryl methyl sites for hydroxylation is 1. The predicted octanol–water partition coefficient (Wildman–Crippen LogP) is 1.39. The molecule has 126 valence electrons. The summed E-state index contributed by atoms with van der Waals surface area (Å²) in [5, 5.41) is 0. The van der Waals surface area contributed by atoms with Crippen molar-refractivity contribution in [2.45, 2.75) is 25.9 Å². The summed E-state index contributed by atoms with van der Waals surface area (Å²) >= 11 is 0. The topological polar surface area (TPSA) is 75.3 Å². The summed E-state index contributed by atoms with van der Waals surface area (Å²) in [5.74, 6) is 0.530. The Morgan fingerprint density at radius 1 is 1.25 bits per heavy atom. The van der Waals surface area contributed by atoms with Crippen LogP contribution in [0.3, 0.4) is 0 Å². The lowest BCUT2D eigenvalue weighted by Gasteiger charge is -2.25. The molecule has 1 atom stereocenters. The molecule has 0 radical (unpaired) electrons. The molecule has 1 aliphatic heterocycles. The lowest BCUT2D eigenvalue weighted by atomic mass is 10.1. The quantitative estimate of drug-likeness (QED) is 0.924. The summed E-state index contributed by atoms with van der Waals surface area (Å²) in [5.41, 5.74) is 2.21. The number of fused-ring (bicyclic) bond motifs is 1. The van der Waals surface area contributed by atoms with Gasteiger partial charge in [0.05, 0.1) is 5.69 Å². The lowest BCUT2D eigenvalue weighted by Crippen LogP contribution is -2.37. The van der Waals surface area contributed by atoms with Gasteiger partial charge in [-0.3, -0.25) is 9.59 Å². The zero-order valence-electron chi connectivity index (χ0n) is 13.9. The van der Waals surface area contributed by atoms with Crippen LogP contribution in [0.1, 0.15) is 28.7 Å². The molecule has 24 heavy (non-hydrogen) atoms. The van der Waals surface area contributed by atoms with Gasteiger partial charge in [0.25, 0.3) is 11.5 Å². The van der Waals surface area contributed by atoms with Gasteiger partial charge >= 0.3 is 0 Å². The van der Waals surface area contributed by atoms with E-state index in [1.165, 1.54) is 7.11 Å². The van der Waals surface area contributed by atoms with Gasteiger partial charge < -0.3 is 14.6 Å². The van der Waals surface area contributed by atoms with E-state index >= 15 is 0 Å². The van der Waals surface area contributed by atoms with Crippen LogP contribution in [-0.2, 0) is 22.4 Å². The second kappa shape index (κ2) is 6.97. The standard InChI is InChI=1S/C18H21N3O3/c1-12-19-15-9-11-21(10-8-14(15)17(22)20-12)18(23)16(24-2)13-6-4-3-5-7-13/h3-7,16H,8-11H2,1-2H3,(H,19,20,22)/t16-/m0/s1. The monoisotopic (exact) mass is 327 g/mol. The minimum absolute atomic E-state index is 0.0790. The maximum absolute atomic E-state index is 12.9. The fourth-order valence-electron chi connectivity index (χ4n) is 3.13. The Morgan fingerprint density at radius 3 is 2.67 bits per heavy atom. The van der Waals surface area contributed by atoms with Crippen molar-refractivity contribution in [1.82, 2.24) is 14.9 Å². The minimum Gasteiger partial charge on any atom is -0.367 e. The molecule has 3 rings (SSSR count). The molecule has 0 spiro atoms. The van der Waals surface area contributed by atoms with E-state index in [0.717, 1.165) is 11.3 Å². The number of amides is 1. The number of carbonyl (C=O) groups is 1. The third kappa shape index (κ3) is 3.23. The first-order valence-corrected chi connectivity index (χ1v) is 8.05. The first kappa shape index (κ1) is 16.4. The summed E-state index contributed by atoms with van der Waals surface area (Å²) in [6, 6.07) is 9.45. The van der Waals surface area contributed by atoms with E-state index in [4.69, 9.17) is 4.74 Å². The van der Waals surface area contributed by atoms with Crippen molar-refractivity contribution in [3.8, 4) is 0 Å². The van der Waals surface area contributed by atoms with Crippen LogP contribution < -0.4 is 5.56 Å². The number of nitrogens with zero attached hydrogens (tertiary/aromatic N) is 2. The molecule has 6 nitrogen and oxygen atoms in total. The van der Waals surface area contributed by atoms with Crippen molar-refractivity contribution in [3.05, 3.63) is 63.3 Å². The molecule has 2 aromatic rings. The fourth-order valence-corrected chi connectivity index (χ4v) is 3.13. The van der Waals surface area contributed by atoms with Crippen LogP contribution >= 0.6 is 0 Å². The van der Waals surface area contributed by atoms with Crippen molar-refractivity contribution in [1.29, 1.82) is 0 Å². The minimum atomic E-state index is -0.625. The van der Waals surface area contributed by atoms with E-state index in [1.54, 1.807) is 11.8 Å². The Kier molecular flexibility index (Phi) is 4.76. The van der Waals surface area contributed by atoms with Gasteiger partial charge in [-0.1, -0.05) is 30.3 Å². The molecular weight excluding hydrogens is 306 g/mol. The number of nitrogens with one attached hydrogen (secondary N) is 1. The van der Waals surface area contributed by atoms with Gasteiger partial charge in [0.1, 0.15) is 5.82 Å². The van der Waals surface area contributed by atoms with Crippen LogP contribution in [0.2, 0.25) is 0 Å². The molecule has 6 heteroatoms. The molecule has 1 aliphatic rings. The van der Waals surface area contributed by atoms with E-state index in [-0.39, 0.29) is 11.5 Å². The molecule has 1 N–H and O–H groups in total. The number of aromatic amines is 1. The molecule has 0 saturated carbocycles. The number of aromatic nitrogens is 2. The largest absolute Gasteiger partial charge is 0.367 e. The molecule has 0 fully saturated rings. The van der Waals surface area contributed by atoms with E-state index in [9.17, 15) is 9.59 Å². The zero-order chi connectivity index (χ0) is 17.1. The SMILES string of the molecule is CO[C@H](C(=O)N1CCc2nc(C)[nH]c(=O)c2CC1)c1ccccc1. The third-order valence-corrected chi connectivity index (χ3v) is 4.34. The average Bonchev–Trinajstić information content (AvgIpc) is 2.79. The highest BCUT2D eigenvalue weighted by Crippen LogP contribution is 2.21. The van der Waals surface area contributed by atoms with Gasteiger partial charge in [-0.05, 0) is 18.9 Å². The molecule has 0 bridgehead atoms. The van der Waals surface area contributed by atoms with Crippen LogP contribution in [-0.4, -0.2) is 41.0 Å². The number of carbonyl (C=O) groups excluding carboxylic acids is 1. The Balaban J connectivity index is 1.80. The number of methoxy groups -OCH3 is 1. The van der Waals surface area contributed by atoms with E-state index in [1.807, 2.05) is 30.3 Å². The Morgan fingerprint density at radius 2 is 1.96 bits per heavy atom. The van der Waals surface area contributed by atoms with Crippen LogP contribution in [0, 0.1) is 6.92 Å². The van der Waals surface area contributed by atoms with Crippen molar-refractivity contribution < 1.29 is 9.53 Å². The predicted molar refractivity (Wildman–Crippen MR) is 89.8 cm³/mol. The number of rotatable bonds is 3. The highest BCUT2D eigenvalue weighted by Gasteiger charge is 2.28. The second-order valence-corrected chi connectivity index (χ2v) is 5.93. The first-order chi connectivity index (χ1) is 11.6. The highest BCUT2D eigenvalue weighted by molar-refractivity contribution is 5.82. The van der Waals surface area contributed by atoms with E-state index < -0.39 is 6.10 Å². The third-order valence-electron chi connectivity index (χ3n) is 4.34. The van der Waals surface area contributed by atoms with Gasteiger partial charge in [0.15, 0.2) is 6.10 Å². The van der Waals surface area contributed by atoms with Crippen LogP contribution in [0.15, 0.2) is 35.1 Å². The maximum atomic E-state index is 12.9. The number of H-pyrrole nitrogens is 1. The Bertz CT molecular complexity index is 786. The average molecular weight is 327 g/mol. The summed E-state index contributed by atoms with van der Waals surface area (Å²) < 4.78 is 5.44. The molecule has 2 heterocycles. The van der Waals surface area contributed by atoms with Crippen LogP contribution in [0.4, 0.5) is 0 Å². The second-order valence-electron chi connectivity index (χ2n) is 5.93. The van der Waals surface area contributed by atoms with Crippen molar-refractivity contribution in [3.63, 3.8) is 0 Å². The van der Waals surface area contributed by atoms with Gasteiger partial charge in [-0.15, -0.1) is 0 Å². The van der Waals surface area contributed by atoms with Crippen LogP contribution in [0.25, 0.3) is 0 Å². The lowest BCUT2D eigenvalue weighted by molar-refractivity contribution is -0.142. The summed E-state index contributed by atoms with van der Waals surface area (Å²) in [6.07, 6.45) is 0.465. The summed E-state index contributed by atoms with van der Waals surface area (Å²) in [4.78, 5) is 33.9. The Labute approximate surface area is 140 Å². The number of hydrogen-bond donors (Lipinski definition) is 1. The summed E-state index contributed by atoms with van der Waals surface area (Å²) in [7, 11) is 1.54. The maximum Gasteiger partial charge on any atom is 0.256 e. The molecule has 0 aliphatic carbocycles. The van der Waals surface area contributed by atoms with Crippen molar-refractivity contribution in [2.24, 2.45) is 0 Å². The number of hydrogen-bond acceptors (Lipinski definition) is 4.